The number of rotatable bonds is 3. The van der Waals surface area contributed by atoms with E-state index in [1.165, 1.54) is 0 Å². The summed E-state index contributed by atoms with van der Waals surface area (Å²) in [4.78, 5) is 12.3. The third-order valence-electron chi connectivity index (χ3n) is 3.81. The van der Waals surface area contributed by atoms with Gasteiger partial charge < -0.3 is 19.5 Å². The Bertz CT molecular complexity index is 797. The molecule has 2 aliphatic heterocycles. The first-order valence-electron chi connectivity index (χ1n) is 7.39. The van der Waals surface area contributed by atoms with Crippen LogP contribution in [0.3, 0.4) is 0 Å². The van der Waals surface area contributed by atoms with Crippen LogP contribution in [0, 0.1) is 0 Å². The zero-order chi connectivity index (χ0) is 15.6. The predicted molar refractivity (Wildman–Crippen MR) is 84.3 cm³/mol. The van der Waals surface area contributed by atoms with E-state index in [9.17, 15) is 4.79 Å². The van der Waals surface area contributed by atoms with Gasteiger partial charge in [0.05, 0.1) is 5.57 Å². The second-order valence-corrected chi connectivity index (χ2v) is 5.37. The summed E-state index contributed by atoms with van der Waals surface area (Å²) in [5.41, 5.74) is 2.50. The summed E-state index contributed by atoms with van der Waals surface area (Å²) in [6, 6.07) is 13.3. The fourth-order valence-corrected chi connectivity index (χ4v) is 2.59. The van der Waals surface area contributed by atoms with Crippen molar-refractivity contribution in [3.05, 3.63) is 59.2 Å². The molecule has 0 aromatic heterocycles. The summed E-state index contributed by atoms with van der Waals surface area (Å²) >= 11 is 0. The van der Waals surface area contributed by atoms with Crippen LogP contribution >= 0.6 is 0 Å². The Labute approximate surface area is 133 Å². The fraction of sp³-hybridized carbons (Fsp3) is 0.167. The summed E-state index contributed by atoms with van der Waals surface area (Å²) in [7, 11) is 0. The van der Waals surface area contributed by atoms with Crippen LogP contribution in [0.15, 0.2) is 48.0 Å². The molecule has 0 spiro atoms. The summed E-state index contributed by atoms with van der Waals surface area (Å²) in [5.74, 6) is 2.13. The number of benzene rings is 2. The summed E-state index contributed by atoms with van der Waals surface area (Å²) in [5, 5.41) is 2.91. The molecule has 2 aliphatic rings. The Kier molecular flexibility index (Phi) is 3.38. The van der Waals surface area contributed by atoms with Crippen molar-refractivity contribution in [2.24, 2.45) is 0 Å². The summed E-state index contributed by atoms with van der Waals surface area (Å²) in [6.07, 6.45) is 1.87. The second kappa shape index (κ2) is 5.68. The maximum atomic E-state index is 12.3. The SMILES string of the molecule is O=C(NCc1ccc2c(c1)OCO2)C1=Cc2ccccc2OC1. The van der Waals surface area contributed by atoms with Crippen molar-refractivity contribution in [2.75, 3.05) is 13.4 Å². The number of fused-ring (bicyclic) bond motifs is 2. The van der Waals surface area contributed by atoms with E-state index >= 15 is 0 Å². The van der Waals surface area contributed by atoms with Crippen LogP contribution in [-0.2, 0) is 11.3 Å². The highest BCUT2D eigenvalue weighted by Crippen LogP contribution is 2.32. The molecule has 0 saturated carbocycles. The van der Waals surface area contributed by atoms with Crippen LogP contribution in [0.2, 0.25) is 0 Å². The number of hydrogen-bond donors (Lipinski definition) is 1. The zero-order valence-corrected chi connectivity index (χ0v) is 12.4. The van der Waals surface area contributed by atoms with Crippen molar-refractivity contribution < 1.29 is 19.0 Å². The highest BCUT2D eigenvalue weighted by molar-refractivity contribution is 5.99. The van der Waals surface area contributed by atoms with Crippen molar-refractivity contribution in [1.29, 1.82) is 0 Å². The van der Waals surface area contributed by atoms with Gasteiger partial charge in [-0.2, -0.15) is 0 Å². The highest BCUT2D eigenvalue weighted by Gasteiger charge is 2.17. The van der Waals surface area contributed by atoms with Crippen molar-refractivity contribution >= 4 is 12.0 Å². The average Bonchev–Trinajstić information content (AvgIpc) is 3.07. The van der Waals surface area contributed by atoms with Gasteiger partial charge in [0.25, 0.3) is 5.91 Å². The first-order valence-corrected chi connectivity index (χ1v) is 7.39. The Hall–Kier alpha value is -2.95. The molecule has 5 nitrogen and oxygen atoms in total. The Morgan fingerprint density at radius 2 is 1.87 bits per heavy atom. The third-order valence-corrected chi connectivity index (χ3v) is 3.81. The van der Waals surface area contributed by atoms with Gasteiger partial charge in [-0.3, -0.25) is 4.79 Å². The lowest BCUT2D eigenvalue weighted by Crippen LogP contribution is -2.28. The largest absolute Gasteiger partial charge is 0.488 e. The molecule has 116 valence electrons. The van der Waals surface area contributed by atoms with E-state index in [1.807, 2.05) is 48.5 Å². The van der Waals surface area contributed by atoms with Crippen LogP contribution in [0.5, 0.6) is 17.2 Å². The van der Waals surface area contributed by atoms with Gasteiger partial charge in [0, 0.05) is 12.1 Å². The fourth-order valence-electron chi connectivity index (χ4n) is 2.59. The molecule has 0 bridgehead atoms. The lowest BCUT2D eigenvalue weighted by Gasteiger charge is -2.17. The van der Waals surface area contributed by atoms with Gasteiger partial charge in [-0.25, -0.2) is 0 Å². The minimum atomic E-state index is -0.128. The van der Waals surface area contributed by atoms with Gasteiger partial charge in [0.2, 0.25) is 6.79 Å². The first kappa shape index (κ1) is 13.7. The number of hydrogen-bond acceptors (Lipinski definition) is 4. The first-order chi connectivity index (χ1) is 11.3. The van der Waals surface area contributed by atoms with Crippen molar-refractivity contribution in [3.63, 3.8) is 0 Å². The third kappa shape index (κ3) is 2.73. The van der Waals surface area contributed by atoms with Gasteiger partial charge >= 0.3 is 0 Å². The van der Waals surface area contributed by atoms with E-state index in [0.717, 1.165) is 22.6 Å². The van der Waals surface area contributed by atoms with E-state index in [1.54, 1.807) is 0 Å². The monoisotopic (exact) mass is 309 g/mol. The number of carbonyl (C=O) groups excluding carboxylic acids is 1. The molecule has 4 rings (SSSR count). The smallest absolute Gasteiger partial charge is 0.250 e. The van der Waals surface area contributed by atoms with Crippen LogP contribution in [0.1, 0.15) is 11.1 Å². The van der Waals surface area contributed by atoms with Gasteiger partial charge in [0.15, 0.2) is 11.5 Å². The van der Waals surface area contributed by atoms with Crippen LogP contribution < -0.4 is 19.5 Å². The molecule has 0 saturated heterocycles. The summed E-state index contributed by atoms with van der Waals surface area (Å²) in [6.45, 7) is 0.952. The molecular weight excluding hydrogens is 294 g/mol. The van der Waals surface area contributed by atoms with Crippen molar-refractivity contribution in [2.45, 2.75) is 6.54 Å². The van der Waals surface area contributed by atoms with Crippen LogP contribution in [0.25, 0.3) is 6.08 Å². The molecule has 1 N–H and O–H groups in total. The standard InChI is InChI=1S/C18H15NO4/c20-18(14-8-13-3-1-2-4-15(13)21-10-14)19-9-12-5-6-16-17(7-12)23-11-22-16/h1-8H,9-11H2,(H,19,20). The molecule has 5 heteroatoms. The molecule has 0 fully saturated rings. The lowest BCUT2D eigenvalue weighted by molar-refractivity contribution is -0.117. The molecule has 1 amide bonds. The molecule has 0 unspecified atom stereocenters. The van der Waals surface area contributed by atoms with E-state index in [-0.39, 0.29) is 19.3 Å². The molecule has 0 aliphatic carbocycles. The number of amides is 1. The number of nitrogens with one attached hydrogen (secondary N) is 1. The average molecular weight is 309 g/mol. The van der Waals surface area contributed by atoms with Crippen molar-refractivity contribution in [3.8, 4) is 17.2 Å². The minimum Gasteiger partial charge on any atom is -0.488 e. The van der Waals surface area contributed by atoms with E-state index < -0.39 is 0 Å². The maximum Gasteiger partial charge on any atom is 0.250 e. The molecule has 23 heavy (non-hydrogen) atoms. The predicted octanol–water partition coefficient (Wildman–Crippen LogP) is 2.51. The molecule has 2 aromatic carbocycles. The zero-order valence-electron chi connectivity index (χ0n) is 12.4. The highest BCUT2D eigenvalue weighted by atomic mass is 16.7. The molecule has 0 radical (unpaired) electrons. The van der Waals surface area contributed by atoms with Crippen molar-refractivity contribution in [1.82, 2.24) is 5.32 Å². The normalized spacial score (nSPS) is 14.5. The Morgan fingerprint density at radius 3 is 2.83 bits per heavy atom. The lowest BCUT2D eigenvalue weighted by atomic mass is 10.1. The number of ether oxygens (including phenoxy) is 3. The molecule has 2 aromatic rings. The maximum absolute atomic E-state index is 12.3. The van der Waals surface area contributed by atoms with E-state index in [4.69, 9.17) is 14.2 Å². The van der Waals surface area contributed by atoms with Gasteiger partial charge in [0.1, 0.15) is 12.4 Å². The van der Waals surface area contributed by atoms with E-state index in [0.29, 0.717) is 17.9 Å². The second-order valence-electron chi connectivity index (χ2n) is 5.37. The van der Waals surface area contributed by atoms with Gasteiger partial charge in [-0.15, -0.1) is 0 Å². The Balaban J connectivity index is 1.44. The molecule has 2 heterocycles. The topological polar surface area (TPSA) is 56.8 Å². The summed E-state index contributed by atoms with van der Waals surface area (Å²) < 4.78 is 16.2. The number of carbonyl (C=O) groups is 1. The molecule has 0 atom stereocenters. The Morgan fingerprint density at radius 1 is 1.00 bits per heavy atom. The van der Waals surface area contributed by atoms with Gasteiger partial charge in [-0.05, 0) is 29.8 Å². The van der Waals surface area contributed by atoms with Crippen LogP contribution in [0.4, 0.5) is 0 Å². The minimum absolute atomic E-state index is 0.128. The van der Waals surface area contributed by atoms with E-state index in [2.05, 4.69) is 5.32 Å². The van der Waals surface area contributed by atoms with Gasteiger partial charge in [-0.1, -0.05) is 24.3 Å². The quantitative estimate of drug-likeness (QED) is 0.946. The molecular formula is C18H15NO4. The van der Waals surface area contributed by atoms with Crippen LogP contribution in [-0.4, -0.2) is 19.3 Å². The number of para-hydroxylation sites is 1.